The molecule has 30 heavy (non-hydrogen) atoms. The highest BCUT2D eigenvalue weighted by Gasteiger charge is 2.25. The zero-order valence-electron chi connectivity index (χ0n) is 16.4. The van der Waals surface area contributed by atoms with Crippen LogP contribution in [0.2, 0.25) is 0 Å². The Balaban J connectivity index is 1.34. The van der Waals surface area contributed by atoms with Gasteiger partial charge in [0.15, 0.2) is 5.82 Å². The Morgan fingerprint density at radius 2 is 2.23 bits per heavy atom. The molecular formula is C21H21N5O2S2. The quantitative estimate of drug-likeness (QED) is 0.415. The standard InChI is InChI=1S/C21H21N5O2S2/c27-13(3-1-2-4-19-24-12-28-26-19)9-17-20(14-5-7-23-11-18(14)29-17)21-25-15-10-22-8-6-16(15)30-21/h6,8,10,12,23H,1-5,7,9,11H2. The van der Waals surface area contributed by atoms with Crippen LogP contribution in [0.3, 0.4) is 0 Å². The molecule has 0 unspecified atom stereocenters. The molecule has 9 heteroatoms. The number of nitrogens with zero attached hydrogens (tertiary/aromatic N) is 4. The summed E-state index contributed by atoms with van der Waals surface area (Å²) in [4.78, 5) is 28.3. The van der Waals surface area contributed by atoms with E-state index in [1.807, 2.05) is 12.3 Å². The van der Waals surface area contributed by atoms with Gasteiger partial charge in [-0.3, -0.25) is 9.78 Å². The van der Waals surface area contributed by atoms with E-state index in [2.05, 4.69) is 20.4 Å². The lowest BCUT2D eigenvalue weighted by Crippen LogP contribution is -2.22. The first-order valence-electron chi connectivity index (χ1n) is 10.1. The van der Waals surface area contributed by atoms with Crippen LogP contribution in [-0.2, 0) is 30.6 Å². The van der Waals surface area contributed by atoms with Gasteiger partial charge in [-0.25, -0.2) is 4.98 Å². The van der Waals surface area contributed by atoms with Gasteiger partial charge in [0.1, 0.15) is 16.3 Å². The number of fused-ring (bicyclic) bond motifs is 2. The minimum atomic E-state index is 0.277. The minimum Gasteiger partial charge on any atom is -0.343 e. The van der Waals surface area contributed by atoms with Crippen LogP contribution >= 0.6 is 22.7 Å². The predicted molar refractivity (Wildman–Crippen MR) is 117 cm³/mol. The summed E-state index contributed by atoms with van der Waals surface area (Å²) in [5.41, 5.74) is 3.48. The average molecular weight is 440 g/mol. The van der Waals surface area contributed by atoms with Gasteiger partial charge in [-0.1, -0.05) is 5.16 Å². The van der Waals surface area contributed by atoms with Gasteiger partial charge in [0, 0.05) is 47.3 Å². The van der Waals surface area contributed by atoms with Crippen molar-refractivity contribution in [1.29, 1.82) is 0 Å². The zero-order chi connectivity index (χ0) is 20.3. The van der Waals surface area contributed by atoms with Crippen LogP contribution in [0.15, 0.2) is 29.4 Å². The second-order valence-electron chi connectivity index (χ2n) is 7.36. The summed E-state index contributed by atoms with van der Waals surface area (Å²) in [6.45, 7) is 1.84. The van der Waals surface area contributed by atoms with Crippen LogP contribution in [-0.4, -0.2) is 32.4 Å². The molecule has 154 valence electrons. The number of aryl methyl sites for hydroxylation is 1. The van der Waals surface area contributed by atoms with E-state index in [-0.39, 0.29) is 5.78 Å². The molecule has 0 atom stereocenters. The molecule has 1 N–H and O–H groups in total. The molecule has 0 amide bonds. The number of carbonyl (C=O) groups is 1. The molecule has 0 fully saturated rings. The lowest BCUT2D eigenvalue weighted by atomic mass is 10.00. The average Bonchev–Trinajstić information content (AvgIpc) is 3.48. The van der Waals surface area contributed by atoms with E-state index in [0.717, 1.165) is 58.9 Å². The number of ketones is 1. The van der Waals surface area contributed by atoms with Crippen LogP contribution in [0.4, 0.5) is 0 Å². The number of unbranched alkanes of at least 4 members (excludes halogenated alkanes) is 1. The number of carbonyl (C=O) groups excluding carboxylic acids is 1. The molecular weight excluding hydrogens is 418 g/mol. The SMILES string of the molecule is O=C(CCCCc1ncon1)Cc1sc2c(c1-c1nc3cnccc3s1)CCNC2. The summed E-state index contributed by atoms with van der Waals surface area (Å²) < 4.78 is 5.88. The molecule has 5 heterocycles. The third-order valence-electron chi connectivity index (χ3n) is 5.28. The number of aromatic nitrogens is 4. The number of nitrogens with one attached hydrogen (secondary N) is 1. The van der Waals surface area contributed by atoms with Crippen LogP contribution in [0.1, 0.15) is 40.4 Å². The second-order valence-corrected chi connectivity index (χ2v) is 9.58. The molecule has 4 aromatic heterocycles. The first-order chi connectivity index (χ1) is 14.8. The molecule has 0 aliphatic carbocycles. The summed E-state index contributed by atoms with van der Waals surface area (Å²) in [5.74, 6) is 0.979. The first kappa shape index (κ1) is 19.5. The first-order valence-corrected chi connectivity index (χ1v) is 11.7. The van der Waals surface area contributed by atoms with Crippen molar-refractivity contribution in [1.82, 2.24) is 25.4 Å². The van der Waals surface area contributed by atoms with Crippen LogP contribution < -0.4 is 5.32 Å². The molecule has 1 aliphatic heterocycles. The normalized spacial score (nSPS) is 13.6. The molecule has 0 radical (unpaired) electrons. The molecule has 0 saturated carbocycles. The molecule has 0 aromatic carbocycles. The predicted octanol–water partition coefficient (Wildman–Crippen LogP) is 3.97. The Kier molecular flexibility index (Phi) is 5.65. The number of pyridine rings is 1. The van der Waals surface area contributed by atoms with Gasteiger partial charge in [-0.2, -0.15) is 4.98 Å². The molecule has 0 bridgehead atoms. The molecule has 1 aliphatic rings. The summed E-state index contributed by atoms with van der Waals surface area (Å²) >= 11 is 3.46. The third-order valence-corrected chi connectivity index (χ3v) is 7.56. The van der Waals surface area contributed by atoms with E-state index in [9.17, 15) is 4.79 Å². The maximum atomic E-state index is 12.8. The highest BCUT2D eigenvalue weighted by atomic mass is 32.1. The summed E-state index contributed by atoms with van der Waals surface area (Å²) in [6.07, 6.45) is 9.44. The van der Waals surface area contributed by atoms with Gasteiger partial charge in [-0.15, -0.1) is 22.7 Å². The van der Waals surface area contributed by atoms with E-state index < -0.39 is 0 Å². The summed E-state index contributed by atoms with van der Waals surface area (Å²) in [6, 6.07) is 2.01. The fourth-order valence-corrected chi connectivity index (χ4v) is 6.28. The lowest BCUT2D eigenvalue weighted by molar-refractivity contribution is -0.118. The topological polar surface area (TPSA) is 93.8 Å². The van der Waals surface area contributed by atoms with E-state index in [1.165, 1.54) is 22.4 Å². The lowest BCUT2D eigenvalue weighted by Gasteiger charge is -2.13. The van der Waals surface area contributed by atoms with E-state index in [0.29, 0.717) is 18.7 Å². The zero-order valence-corrected chi connectivity index (χ0v) is 18.0. The molecule has 0 saturated heterocycles. The van der Waals surface area contributed by atoms with Gasteiger partial charge in [-0.05, 0) is 37.4 Å². The maximum Gasteiger partial charge on any atom is 0.213 e. The number of Topliss-reactive ketones (excluding diaryl/α,β-unsaturated/α-hetero) is 1. The fourth-order valence-electron chi connectivity index (χ4n) is 3.83. The van der Waals surface area contributed by atoms with E-state index >= 15 is 0 Å². The van der Waals surface area contributed by atoms with Crippen molar-refractivity contribution in [3.8, 4) is 10.6 Å². The van der Waals surface area contributed by atoms with E-state index in [4.69, 9.17) is 9.51 Å². The molecule has 7 nitrogen and oxygen atoms in total. The Labute approximate surface area is 181 Å². The smallest absolute Gasteiger partial charge is 0.213 e. The molecule has 0 spiro atoms. The summed E-state index contributed by atoms with van der Waals surface area (Å²) in [7, 11) is 0. The van der Waals surface area contributed by atoms with Gasteiger partial charge in [0.05, 0.1) is 10.9 Å². The number of hydrogen-bond acceptors (Lipinski definition) is 9. The van der Waals surface area contributed by atoms with Gasteiger partial charge in [0.2, 0.25) is 6.39 Å². The van der Waals surface area contributed by atoms with Gasteiger partial charge in [0.25, 0.3) is 0 Å². The van der Waals surface area contributed by atoms with Crippen molar-refractivity contribution in [2.24, 2.45) is 0 Å². The fraction of sp³-hybridized carbons (Fsp3) is 0.381. The van der Waals surface area contributed by atoms with Crippen molar-refractivity contribution >= 4 is 38.7 Å². The monoisotopic (exact) mass is 439 g/mol. The van der Waals surface area contributed by atoms with Crippen LogP contribution in [0, 0.1) is 0 Å². The van der Waals surface area contributed by atoms with Crippen molar-refractivity contribution < 1.29 is 9.32 Å². The van der Waals surface area contributed by atoms with Gasteiger partial charge < -0.3 is 9.84 Å². The second kappa shape index (κ2) is 8.71. The van der Waals surface area contributed by atoms with Gasteiger partial charge >= 0.3 is 0 Å². The van der Waals surface area contributed by atoms with Crippen LogP contribution in [0.25, 0.3) is 20.8 Å². The van der Waals surface area contributed by atoms with Crippen molar-refractivity contribution in [2.45, 2.75) is 45.1 Å². The third kappa shape index (κ3) is 4.05. The van der Waals surface area contributed by atoms with Crippen molar-refractivity contribution in [3.63, 3.8) is 0 Å². The highest BCUT2D eigenvalue weighted by molar-refractivity contribution is 7.22. The Hall–Kier alpha value is -2.49. The Bertz CT molecular complexity index is 1130. The highest BCUT2D eigenvalue weighted by Crippen LogP contribution is 2.41. The number of rotatable bonds is 8. The van der Waals surface area contributed by atoms with Crippen LogP contribution in [0.5, 0.6) is 0 Å². The van der Waals surface area contributed by atoms with E-state index in [1.54, 1.807) is 28.9 Å². The Morgan fingerprint density at radius 3 is 3.10 bits per heavy atom. The largest absolute Gasteiger partial charge is 0.343 e. The Morgan fingerprint density at radius 1 is 1.27 bits per heavy atom. The number of thiophene rings is 1. The number of thiazole rings is 1. The summed E-state index contributed by atoms with van der Waals surface area (Å²) in [5, 5.41) is 8.27. The molecule has 5 rings (SSSR count). The maximum absolute atomic E-state index is 12.8. The molecule has 4 aromatic rings. The minimum absolute atomic E-state index is 0.277. The van der Waals surface area contributed by atoms with Crippen molar-refractivity contribution in [3.05, 3.63) is 46.0 Å². The van der Waals surface area contributed by atoms with Crippen molar-refractivity contribution in [2.75, 3.05) is 6.54 Å². The number of hydrogen-bond donors (Lipinski definition) is 1.